The van der Waals surface area contributed by atoms with E-state index < -0.39 is 11.8 Å². The van der Waals surface area contributed by atoms with E-state index in [0.29, 0.717) is 16.5 Å². The van der Waals surface area contributed by atoms with E-state index >= 15 is 0 Å². The van der Waals surface area contributed by atoms with Crippen LogP contribution in [0.3, 0.4) is 0 Å². The van der Waals surface area contributed by atoms with Crippen LogP contribution in [-0.4, -0.2) is 41.1 Å². The summed E-state index contributed by atoms with van der Waals surface area (Å²) in [5, 5.41) is 3.52. The van der Waals surface area contributed by atoms with Crippen LogP contribution in [0.25, 0.3) is 0 Å². The molecule has 27 heavy (non-hydrogen) atoms. The minimum Gasteiger partial charge on any atom is -0.353 e. The largest absolute Gasteiger partial charge is 0.353 e. The molecule has 0 bridgehead atoms. The molecule has 1 saturated heterocycles. The van der Waals surface area contributed by atoms with Gasteiger partial charge in [0.1, 0.15) is 11.8 Å². The predicted molar refractivity (Wildman–Crippen MR) is 106 cm³/mol. The van der Waals surface area contributed by atoms with Crippen LogP contribution in [-0.2, 0) is 9.53 Å². The maximum atomic E-state index is 13.4. The molecule has 1 N–H and O–H groups in total. The number of rotatable bonds is 4. The highest BCUT2D eigenvalue weighted by Crippen LogP contribution is 2.43. The normalized spacial score (nSPS) is 29.0. The molecule has 5 nitrogen and oxygen atoms in total. The highest BCUT2D eigenvalue weighted by atomic mass is 35.5. The molecule has 2 amide bonds. The highest BCUT2D eigenvalue weighted by molar-refractivity contribution is 6.31. The molecule has 1 aliphatic heterocycles. The van der Waals surface area contributed by atoms with Gasteiger partial charge in [0.05, 0.1) is 6.61 Å². The number of halogens is 1. The van der Waals surface area contributed by atoms with E-state index in [0.717, 1.165) is 32.1 Å². The number of carbonyl (C=O) groups is 2. The molecular weight excluding hydrogens is 364 g/mol. The maximum Gasteiger partial charge on any atom is 0.256 e. The first-order valence-electron chi connectivity index (χ1n) is 9.90. The third-order valence-corrected chi connectivity index (χ3v) is 6.15. The summed E-state index contributed by atoms with van der Waals surface area (Å²) in [4.78, 5) is 28.0. The van der Waals surface area contributed by atoms with Gasteiger partial charge in [-0.15, -0.1) is 0 Å². The third-order valence-electron chi connectivity index (χ3n) is 5.91. The van der Waals surface area contributed by atoms with Gasteiger partial charge in [0, 0.05) is 16.6 Å². The lowest BCUT2D eigenvalue weighted by molar-refractivity contribution is -0.128. The summed E-state index contributed by atoms with van der Waals surface area (Å²) >= 11 is 6.10. The Morgan fingerprint density at radius 3 is 2.70 bits per heavy atom. The van der Waals surface area contributed by atoms with E-state index in [1.165, 1.54) is 0 Å². The number of benzene rings is 1. The Morgan fingerprint density at radius 2 is 2.07 bits per heavy atom. The molecule has 6 heteroatoms. The molecule has 3 rings (SSSR count). The van der Waals surface area contributed by atoms with E-state index in [2.05, 4.69) is 12.2 Å². The van der Waals surface area contributed by atoms with Crippen LogP contribution in [0.1, 0.15) is 63.2 Å². The molecule has 148 valence electrons. The molecule has 2 aliphatic rings. The van der Waals surface area contributed by atoms with E-state index in [4.69, 9.17) is 16.3 Å². The Hall–Kier alpha value is -1.59. The molecule has 1 spiro atoms. The number of ether oxygens (including phenoxy) is 1. The zero-order valence-electron chi connectivity index (χ0n) is 16.3. The number of hydrogen-bond acceptors (Lipinski definition) is 3. The Labute approximate surface area is 166 Å². The van der Waals surface area contributed by atoms with E-state index in [1.54, 1.807) is 29.2 Å². The SMILES string of the molecule is CC[C@H](C)NC(=O)[C@H]1COC2(CCC(C)CC2)N1C(=O)c1cccc(Cl)c1. The van der Waals surface area contributed by atoms with Crippen LogP contribution in [0.5, 0.6) is 0 Å². The second kappa shape index (κ2) is 8.19. The molecule has 2 atom stereocenters. The Morgan fingerprint density at radius 1 is 1.37 bits per heavy atom. The molecule has 1 aliphatic carbocycles. The molecule has 1 heterocycles. The highest BCUT2D eigenvalue weighted by Gasteiger charge is 2.53. The van der Waals surface area contributed by atoms with Gasteiger partial charge < -0.3 is 10.1 Å². The van der Waals surface area contributed by atoms with Crippen molar-refractivity contribution in [2.75, 3.05) is 6.61 Å². The van der Waals surface area contributed by atoms with Crippen LogP contribution in [0.15, 0.2) is 24.3 Å². The zero-order chi connectivity index (χ0) is 19.6. The summed E-state index contributed by atoms with van der Waals surface area (Å²) in [7, 11) is 0. The Balaban J connectivity index is 1.92. The monoisotopic (exact) mass is 392 g/mol. The number of nitrogens with one attached hydrogen (secondary N) is 1. The van der Waals surface area contributed by atoms with Crippen LogP contribution >= 0.6 is 11.6 Å². The number of hydrogen-bond donors (Lipinski definition) is 1. The summed E-state index contributed by atoms with van der Waals surface area (Å²) in [5.41, 5.74) is -0.198. The van der Waals surface area contributed by atoms with Gasteiger partial charge in [0.15, 0.2) is 0 Å². The second-order valence-corrected chi connectivity index (χ2v) is 8.40. The van der Waals surface area contributed by atoms with Crippen molar-refractivity contribution in [3.05, 3.63) is 34.9 Å². The van der Waals surface area contributed by atoms with Crippen LogP contribution in [0, 0.1) is 5.92 Å². The lowest BCUT2D eigenvalue weighted by Gasteiger charge is -2.43. The van der Waals surface area contributed by atoms with Gasteiger partial charge in [0.2, 0.25) is 5.91 Å². The molecule has 0 radical (unpaired) electrons. The smallest absolute Gasteiger partial charge is 0.256 e. The van der Waals surface area contributed by atoms with Crippen LogP contribution < -0.4 is 5.32 Å². The molecule has 1 aromatic rings. The number of nitrogens with zero attached hydrogens (tertiary/aromatic N) is 1. The van der Waals surface area contributed by atoms with Gasteiger partial charge in [-0.05, 0) is 63.1 Å². The quantitative estimate of drug-likeness (QED) is 0.842. The van der Waals surface area contributed by atoms with E-state index in [9.17, 15) is 9.59 Å². The average Bonchev–Trinajstić information content (AvgIpc) is 3.02. The fourth-order valence-electron chi connectivity index (χ4n) is 3.98. The van der Waals surface area contributed by atoms with Crippen molar-refractivity contribution in [2.45, 2.75) is 70.7 Å². The third kappa shape index (κ3) is 4.14. The lowest BCUT2D eigenvalue weighted by Crippen LogP contribution is -2.57. The maximum absolute atomic E-state index is 13.4. The first kappa shape index (κ1) is 20.2. The summed E-state index contributed by atoms with van der Waals surface area (Å²) in [6.07, 6.45) is 4.32. The van der Waals surface area contributed by atoms with Gasteiger partial charge in [-0.1, -0.05) is 31.5 Å². The average molecular weight is 393 g/mol. The van der Waals surface area contributed by atoms with Crippen molar-refractivity contribution in [1.29, 1.82) is 0 Å². The van der Waals surface area contributed by atoms with Crippen molar-refractivity contribution in [3.63, 3.8) is 0 Å². The molecule has 0 unspecified atom stereocenters. The van der Waals surface area contributed by atoms with E-state index in [1.807, 2.05) is 13.8 Å². The molecular formula is C21H29ClN2O3. The minimum atomic E-state index is -0.691. The van der Waals surface area contributed by atoms with Crippen molar-refractivity contribution in [1.82, 2.24) is 10.2 Å². The Kier molecular flexibility index (Phi) is 6.11. The second-order valence-electron chi connectivity index (χ2n) is 7.96. The summed E-state index contributed by atoms with van der Waals surface area (Å²) in [6, 6.07) is 6.35. The summed E-state index contributed by atoms with van der Waals surface area (Å²) in [6.45, 7) is 6.45. The van der Waals surface area contributed by atoms with Crippen molar-refractivity contribution < 1.29 is 14.3 Å². The molecule has 1 aromatic carbocycles. The molecule has 2 fully saturated rings. The Bertz CT molecular complexity index is 700. The van der Waals surface area contributed by atoms with Gasteiger partial charge in [-0.2, -0.15) is 0 Å². The number of carbonyl (C=O) groups excluding carboxylic acids is 2. The van der Waals surface area contributed by atoms with Gasteiger partial charge >= 0.3 is 0 Å². The standard InChI is InChI=1S/C21H29ClN2O3/c1-4-15(3)23-19(25)18-13-27-21(10-8-14(2)9-11-21)24(18)20(26)16-6-5-7-17(22)12-16/h5-7,12,14-15,18H,4,8-11,13H2,1-3H3,(H,23,25)/t14?,15-,18+,21?/m0/s1. The van der Waals surface area contributed by atoms with Gasteiger partial charge in [-0.25, -0.2) is 0 Å². The van der Waals surface area contributed by atoms with E-state index in [-0.39, 0.29) is 24.5 Å². The van der Waals surface area contributed by atoms with Crippen LogP contribution in [0.4, 0.5) is 0 Å². The summed E-state index contributed by atoms with van der Waals surface area (Å²) in [5.74, 6) is 0.277. The van der Waals surface area contributed by atoms with Gasteiger partial charge in [0.25, 0.3) is 5.91 Å². The zero-order valence-corrected chi connectivity index (χ0v) is 17.1. The van der Waals surface area contributed by atoms with Crippen molar-refractivity contribution in [2.24, 2.45) is 5.92 Å². The molecule has 1 saturated carbocycles. The lowest BCUT2D eigenvalue weighted by atomic mass is 9.83. The fraction of sp³-hybridized carbons (Fsp3) is 0.619. The van der Waals surface area contributed by atoms with Crippen molar-refractivity contribution in [3.8, 4) is 0 Å². The molecule has 0 aromatic heterocycles. The number of amides is 2. The fourth-order valence-corrected chi connectivity index (χ4v) is 4.17. The first-order valence-corrected chi connectivity index (χ1v) is 10.3. The van der Waals surface area contributed by atoms with Crippen LogP contribution in [0.2, 0.25) is 5.02 Å². The minimum absolute atomic E-state index is 0.0588. The van der Waals surface area contributed by atoms with Crippen molar-refractivity contribution >= 4 is 23.4 Å². The summed E-state index contributed by atoms with van der Waals surface area (Å²) < 4.78 is 6.18. The predicted octanol–water partition coefficient (Wildman–Crippen LogP) is 4.00. The van der Waals surface area contributed by atoms with Gasteiger partial charge in [-0.3, -0.25) is 14.5 Å². The first-order chi connectivity index (χ1) is 12.9. The topological polar surface area (TPSA) is 58.6 Å².